The van der Waals surface area contributed by atoms with Gasteiger partial charge >= 0.3 is 0 Å². The fraction of sp³-hybridized carbons (Fsp3) is 0.471. The van der Waals surface area contributed by atoms with Gasteiger partial charge < -0.3 is 15.6 Å². The van der Waals surface area contributed by atoms with Gasteiger partial charge in [-0.3, -0.25) is 4.79 Å². The van der Waals surface area contributed by atoms with Crippen LogP contribution in [-0.2, 0) is 17.8 Å². The van der Waals surface area contributed by atoms with Crippen LogP contribution in [0.1, 0.15) is 25.1 Å². The molecule has 0 radical (unpaired) electrons. The zero-order valence-electron chi connectivity index (χ0n) is 14.3. The van der Waals surface area contributed by atoms with Gasteiger partial charge in [-0.25, -0.2) is 0 Å². The zero-order chi connectivity index (χ0) is 16.9. The third-order valence-electron chi connectivity index (χ3n) is 4.24. The number of aryl methyl sites for hydroxylation is 1. The number of anilines is 1. The first-order chi connectivity index (χ1) is 11.7. The molecule has 0 aliphatic carbocycles. The first kappa shape index (κ1) is 19.8. The van der Waals surface area contributed by atoms with Crippen LogP contribution in [0.4, 0.5) is 5.69 Å². The van der Waals surface area contributed by atoms with Crippen LogP contribution in [-0.4, -0.2) is 38.7 Å². The molecule has 2 aromatic rings. The minimum atomic E-state index is -0.472. The Hall–Kier alpha value is -1.57. The third kappa shape index (κ3) is 4.74. The minimum Gasteiger partial charge on any atom is -0.325 e. The number of thioether (sulfide) groups is 1. The number of halogens is 1. The van der Waals surface area contributed by atoms with Crippen molar-refractivity contribution < 1.29 is 4.79 Å². The Labute approximate surface area is 158 Å². The van der Waals surface area contributed by atoms with Crippen molar-refractivity contribution in [2.75, 3.05) is 17.3 Å². The highest BCUT2D eigenvalue weighted by Crippen LogP contribution is 2.24. The lowest BCUT2D eigenvalue weighted by Crippen LogP contribution is -2.36. The van der Waals surface area contributed by atoms with E-state index in [9.17, 15) is 4.79 Å². The van der Waals surface area contributed by atoms with Gasteiger partial charge in [0.1, 0.15) is 5.82 Å². The van der Waals surface area contributed by atoms with Gasteiger partial charge in [0.05, 0.1) is 6.04 Å². The van der Waals surface area contributed by atoms with Gasteiger partial charge in [-0.15, -0.1) is 22.6 Å². The third-order valence-corrected chi connectivity index (χ3v) is 4.88. The first-order valence-electron chi connectivity index (χ1n) is 8.27. The molecule has 0 fully saturated rings. The van der Waals surface area contributed by atoms with E-state index in [0.717, 1.165) is 41.6 Å². The molecule has 3 N–H and O–H groups in total. The van der Waals surface area contributed by atoms with Crippen molar-refractivity contribution in [1.82, 2.24) is 14.8 Å². The van der Waals surface area contributed by atoms with Crippen molar-refractivity contribution in [2.24, 2.45) is 5.73 Å². The zero-order valence-corrected chi connectivity index (χ0v) is 15.9. The molecular weight excluding hydrogens is 358 g/mol. The molecule has 3 rings (SSSR count). The van der Waals surface area contributed by atoms with Crippen LogP contribution in [0.3, 0.4) is 0 Å². The maximum absolute atomic E-state index is 12.1. The summed E-state index contributed by atoms with van der Waals surface area (Å²) in [6.07, 6.45) is 6.03. The monoisotopic (exact) mass is 381 g/mol. The van der Waals surface area contributed by atoms with Gasteiger partial charge in [-0.1, -0.05) is 0 Å². The number of aromatic nitrogens is 3. The Morgan fingerprint density at radius 3 is 2.80 bits per heavy atom. The smallest absolute Gasteiger partial charge is 0.241 e. The predicted octanol–water partition coefficient (Wildman–Crippen LogP) is 2.72. The van der Waals surface area contributed by atoms with Gasteiger partial charge in [-0.2, -0.15) is 11.8 Å². The summed E-state index contributed by atoms with van der Waals surface area (Å²) >= 11 is 1.69. The summed E-state index contributed by atoms with van der Waals surface area (Å²) in [4.78, 5) is 12.1. The molecule has 0 bridgehead atoms. The lowest BCUT2D eigenvalue weighted by Gasteiger charge is -2.15. The fourth-order valence-electron chi connectivity index (χ4n) is 2.84. The second-order valence-electron chi connectivity index (χ2n) is 6.00. The van der Waals surface area contributed by atoms with Crippen LogP contribution >= 0.6 is 24.2 Å². The van der Waals surface area contributed by atoms with Crippen LogP contribution in [0.15, 0.2) is 24.3 Å². The van der Waals surface area contributed by atoms with Gasteiger partial charge in [0.2, 0.25) is 5.91 Å². The molecule has 136 valence electrons. The molecule has 6 nitrogen and oxygen atoms in total. The van der Waals surface area contributed by atoms with E-state index in [-0.39, 0.29) is 18.3 Å². The van der Waals surface area contributed by atoms with E-state index in [0.29, 0.717) is 6.42 Å². The molecule has 0 saturated carbocycles. The average molecular weight is 382 g/mol. The summed E-state index contributed by atoms with van der Waals surface area (Å²) < 4.78 is 2.19. The standard InChI is InChI=1S/C17H23N5OS.ClH/c1-24-11-9-14(18)17(23)19-13-7-5-12(6-8-13)16-21-20-15-4-2-3-10-22(15)16;/h5-8,14H,2-4,9-11,18H2,1H3,(H,19,23);1H/t14-;/m0./s1. The van der Waals surface area contributed by atoms with E-state index in [1.54, 1.807) is 11.8 Å². The minimum absolute atomic E-state index is 0. The number of nitrogens with one attached hydrogen (secondary N) is 1. The molecule has 1 aliphatic rings. The number of carbonyl (C=O) groups is 1. The van der Waals surface area contributed by atoms with Crippen LogP contribution in [0.5, 0.6) is 0 Å². The number of carbonyl (C=O) groups excluding carboxylic acids is 1. The molecule has 2 heterocycles. The van der Waals surface area contributed by atoms with Crippen LogP contribution in [0, 0.1) is 0 Å². The van der Waals surface area contributed by atoms with Crippen molar-refractivity contribution in [3.8, 4) is 11.4 Å². The molecule has 0 unspecified atom stereocenters. The van der Waals surface area contributed by atoms with Crippen molar-refractivity contribution in [3.63, 3.8) is 0 Å². The normalized spacial score (nSPS) is 14.3. The second-order valence-corrected chi connectivity index (χ2v) is 6.99. The molecule has 25 heavy (non-hydrogen) atoms. The van der Waals surface area contributed by atoms with E-state index in [1.807, 2.05) is 30.5 Å². The number of amides is 1. The van der Waals surface area contributed by atoms with Gasteiger partial charge in [-0.05, 0) is 55.5 Å². The van der Waals surface area contributed by atoms with E-state index >= 15 is 0 Å². The van der Waals surface area contributed by atoms with Crippen LogP contribution < -0.4 is 11.1 Å². The van der Waals surface area contributed by atoms with E-state index in [4.69, 9.17) is 5.73 Å². The molecule has 1 aromatic heterocycles. The number of fused-ring (bicyclic) bond motifs is 1. The Balaban J connectivity index is 0.00000225. The van der Waals surface area contributed by atoms with Gasteiger partial charge in [0.25, 0.3) is 0 Å². The van der Waals surface area contributed by atoms with E-state index in [2.05, 4.69) is 20.1 Å². The number of rotatable bonds is 6. The highest BCUT2D eigenvalue weighted by atomic mass is 35.5. The Morgan fingerprint density at radius 2 is 2.08 bits per heavy atom. The van der Waals surface area contributed by atoms with Crippen molar-refractivity contribution in [3.05, 3.63) is 30.1 Å². The van der Waals surface area contributed by atoms with Gasteiger partial charge in [0.15, 0.2) is 5.82 Å². The highest BCUT2D eigenvalue weighted by molar-refractivity contribution is 7.98. The van der Waals surface area contributed by atoms with Crippen molar-refractivity contribution >= 4 is 35.8 Å². The topological polar surface area (TPSA) is 85.8 Å². The molecule has 0 spiro atoms. The highest BCUT2D eigenvalue weighted by Gasteiger charge is 2.17. The molecule has 0 saturated heterocycles. The molecule has 1 amide bonds. The molecular formula is C17H24ClN5OS. The Bertz CT molecular complexity index is 704. The summed E-state index contributed by atoms with van der Waals surface area (Å²) in [5.74, 6) is 2.70. The number of nitrogens with zero attached hydrogens (tertiary/aromatic N) is 3. The lowest BCUT2D eigenvalue weighted by atomic mass is 10.1. The average Bonchev–Trinajstić information content (AvgIpc) is 3.04. The Kier molecular flexibility index (Phi) is 7.28. The van der Waals surface area contributed by atoms with Crippen LogP contribution in [0.2, 0.25) is 0 Å². The number of benzene rings is 1. The maximum atomic E-state index is 12.1. The molecule has 1 atom stereocenters. The molecule has 1 aliphatic heterocycles. The second kappa shape index (κ2) is 9.22. The van der Waals surface area contributed by atoms with Crippen molar-refractivity contribution in [2.45, 2.75) is 38.3 Å². The number of hydrogen-bond acceptors (Lipinski definition) is 5. The molecule has 1 aromatic carbocycles. The van der Waals surface area contributed by atoms with Crippen molar-refractivity contribution in [1.29, 1.82) is 0 Å². The lowest BCUT2D eigenvalue weighted by molar-refractivity contribution is -0.117. The van der Waals surface area contributed by atoms with Crippen LogP contribution in [0.25, 0.3) is 11.4 Å². The summed E-state index contributed by atoms with van der Waals surface area (Å²) in [6, 6.07) is 7.24. The number of nitrogens with two attached hydrogens (primary N) is 1. The summed E-state index contributed by atoms with van der Waals surface area (Å²) in [7, 11) is 0. The number of hydrogen-bond donors (Lipinski definition) is 2. The maximum Gasteiger partial charge on any atom is 0.241 e. The summed E-state index contributed by atoms with van der Waals surface area (Å²) in [5, 5.41) is 11.5. The van der Waals surface area contributed by atoms with E-state index in [1.165, 1.54) is 12.8 Å². The fourth-order valence-corrected chi connectivity index (χ4v) is 3.32. The SMILES string of the molecule is CSCC[C@H](N)C(=O)Nc1ccc(-c2nnc3n2CCCC3)cc1.Cl. The van der Waals surface area contributed by atoms with Gasteiger partial charge in [0, 0.05) is 24.2 Å². The quantitative estimate of drug-likeness (QED) is 0.803. The largest absolute Gasteiger partial charge is 0.325 e. The predicted molar refractivity (Wildman–Crippen MR) is 105 cm³/mol. The van der Waals surface area contributed by atoms with E-state index < -0.39 is 6.04 Å². The Morgan fingerprint density at radius 1 is 1.32 bits per heavy atom. The molecule has 8 heteroatoms. The summed E-state index contributed by atoms with van der Waals surface area (Å²) in [5.41, 5.74) is 7.65. The summed E-state index contributed by atoms with van der Waals surface area (Å²) in [6.45, 7) is 0.973. The first-order valence-corrected chi connectivity index (χ1v) is 9.66.